The van der Waals surface area contributed by atoms with Crippen LogP contribution in [0, 0.1) is 10.1 Å². The number of carbonyl (C=O) groups excluding carboxylic acids is 2. The minimum absolute atomic E-state index is 0.0319. The van der Waals surface area contributed by atoms with E-state index in [1.807, 2.05) is 0 Å². The normalized spacial score (nSPS) is 11.1. The van der Waals surface area contributed by atoms with Gasteiger partial charge in [-0.2, -0.15) is 11.8 Å². The molecule has 12 heteroatoms. The number of azide groups is 1. The molecule has 1 amide bonds. The number of aliphatic carboxylic acids is 1. The quantitative estimate of drug-likeness (QED) is 0.167. The minimum atomic E-state index is -1.24. The molecule has 11 nitrogen and oxygen atoms in total. The highest BCUT2D eigenvalue weighted by Gasteiger charge is 2.20. The van der Waals surface area contributed by atoms with E-state index in [2.05, 4.69) is 15.3 Å². The van der Waals surface area contributed by atoms with Crippen molar-refractivity contribution >= 4 is 40.8 Å². The van der Waals surface area contributed by atoms with E-state index in [4.69, 9.17) is 10.6 Å². The third-order valence-electron chi connectivity index (χ3n) is 2.79. The van der Waals surface area contributed by atoms with Gasteiger partial charge in [0.05, 0.1) is 10.7 Å². The second-order valence-electron chi connectivity index (χ2n) is 4.71. The number of nitrogens with one attached hydrogen (secondary N) is 1. The first-order chi connectivity index (χ1) is 11.7. The van der Waals surface area contributed by atoms with Gasteiger partial charge in [-0.15, -0.1) is 0 Å². The van der Waals surface area contributed by atoms with Gasteiger partial charge in [-0.25, -0.2) is 4.79 Å². The molecule has 0 aliphatic rings. The van der Waals surface area contributed by atoms with Crippen molar-refractivity contribution in [2.75, 3.05) is 11.5 Å². The number of benzene rings is 1. The average Bonchev–Trinajstić information content (AvgIpc) is 2.53. The summed E-state index contributed by atoms with van der Waals surface area (Å²) in [5.74, 6) is -2.48. The number of carbonyl (C=O) groups is 3. The fourth-order valence-corrected chi connectivity index (χ4v) is 2.68. The van der Waals surface area contributed by atoms with E-state index in [0.717, 1.165) is 23.9 Å². The van der Waals surface area contributed by atoms with Crippen molar-refractivity contribution in [1.29, 1.82) is 0 Å². The molecule has 0 spiro atoms. The first-order valence-electron chi connectivity index (χ1n) is 6.70. The van der Waals surface area contributed by atoms with Crippen LogP contribution in [0.25, 0.3) is 10.4 Å². The maximum atomic E-state index is 12.1. The second-order valence-corrected chi connectivity index (χ2v) is 5.74. The van der Waals surface area contributed by atoms with Crippen LogP contribution < -0.4 is 5.32 Å². The maximum Gasteiger partial charge on any atom is 0.327 e. The van der Waals surface area contributed by atoms with Crippen LogP contribution in [0.2, 0.25) is 0 Å². The molecule has 0 saturated heterocycles. The topological polar surface area (TPSA) is 175 Å². The van der Waals surface area contributed by atoms with Crippen molar-refractivity contribution in [3.05, 3.63) is 44.3 Å². The molecular formula is C13H13N5O6S. The van der Waals surface area contributed by atoms with E-state index in [1.165, 1.54) is 13.0 Å². The zero-order chi connectivity index (χ0) is 19.0. The Morgan fingerprint density at radius 3 is 2.64 bits per heavy atom. The molecule has 1 atom stereocenters. The predicted molar refractivity (Wildman–Crippen MR) is 88.8 cm³/mol. The number of hydrogen-bond donors (Lipinski definition) is 2. The first-order valence-corrected chi connectivity index (χ1v) is 7.85. The van der Waals surface area contributed by atoms with Crippen LogP contribution in [0.15, 0.2) is 23.3 Å². The van der Waals surface area contributed by atoms with Crippen LogP contribution in [0.4, 0.5) is 11.4 Å². The molecule has 0 bridgehead atoms. The molecule has 132 valence electrons. The molecule has 2 N–H and O–H groups in total. The van der Waals surface area contributed by atoms with Crippen LogP contribution in [-0.4, -0.2) is 45.2 Å². The Balaban J connectivity index is 2.83. The second kappa shape index (κ2) is 9.25. The van der Waals surface area contributed by atoms with Crippen molar-refractivity contribution < 1.29 is 24.4 Å². The van der Waals surface area contributed by atoms with Gasteiger partial charge >= 0.3 is 5.97 Å². The highest BCUT2D eigenvalue weighted by atomic mass is 32.2. The number of hydrogen-bond acceptors (Lipinski definition) is 7. The summed E-state index contributed by atoms with van der Waals surface area (Å²) in [5, 5.41) is 25.3. The molecule has 0 heterocycles. The molecule has 0 aliphatic carbocycles. The van der Waals surface area contributed by atoms with Crippen molar-refractivity contribution in [3.8, 4) is 0 Å². The van der Waals surface area contributed by atoms with Gasteiger partial charge in [-0.3, -0.25) is 19.7 Å². The summed E-state index contributed by atoms with van der Waals surface area (Å²) in [6.45, 7) is 1.17. The van der Waals surface area contributed by atoms with E-state index < -0.39 is 34.3 Å². The van der Waals surface area contributed by atoms with E-state index in [0.29, 0.717) is 0 Å². The number of amides is 1. The molecule has 1 aromatic rings. The minimum Gasteiger partial charge on any atom is -0.480 e. The number of carboxylic acid groups (broad SMARTS) is 1. The molecular weight excluding hydrogens is 354 g/mol. The molecule has 0 aromatic heterocycles. The Bertz CT molecular complexity index is 741. The van der Waals surface area contributed by atoms with Crippen LogP contribution in [0.3, 0.4) is 0 Å². The molecule has 0 radical (unpaired) electrons. The number of nitro benzene ring substituents is 1. The van der Waals surface area contributed by atoms with E-state index >= 15 is 0 Å². The van der Waals surface area contributed by atoms with Gasteiger partial charge in [0.1, 0.15) is 6.04 Å². The molecule has 0 aliphatic heterocycles. The summed E-state index contributed by atoms with van der Waals surface area (Å²) in [7, 11) is 0. The Hall–Kier alpha value is -3.11. The molecule has 0 saturated carbocycles. The van der Waals surface area contributed by atoms with Crippen molar-refractivity contribution in [2.24, 2.45) is 5.11 Å². The maximum absolute atomic E-state index is 12.1. The van der Waals surface area contributed by atoms with Gasteiger partial charge in [0.15, 0.2) is 5.78 Å². The number of non-ortho nitro benzene ring substituents is 1. The highest BCUT2D eigenvalue weighted by Crippen LogP contribution is 2.24. The van der Waals surface area contributed by atoms with E-state index in [-0.39, 0.29) is 22.8 Å². The summed E-state index contributed by atoms with van der Waals surface area (Å²) in [5.41, 5.74) is 7.90. The average molecular weight is 367 g/mol. The van der Waals surface area contributed by atoms with Crippen LogP contribution in [0.5, 0.6) is 0 Å². The molecule has 0 unspecified atom stereocenters. The summed E-state index contributed by atoms with van der Waals surface area (Å²) in [6, 6.07) is 2.12. The summed E-state index contributed by atoms with van der Waals surface area (Å²) in [6.07, 6.45) is 0. The molecule has 1 aromatic carbocycles. The van der Waals surface area contributed by atoms with Gasteiger partial charge in [0.2, 0.25) is 5.91 Å². The fraction of sp³-hybridized carbons (Fsp3) is 0.308. The number of Topliss-reactive ketones (excluding diaryl/α,β-unsaturated/α-hetero) is 1. The summed E-state index contributed by atoms with van der Waals surface area (Å²) < 4.78 is 0. The lowest BCUT2D eigenvalue weighted by Crippen LogP contribution is -2.41. The number of carboxylic acids is 1. The van der Waals surface area contributed by atoms with Crippen molar-refractivity contribution in [3.63, 3.8) is 0 Å². The highest BCUT2D eigenvalue weighted by molar-refractivity contribution is 8.00. The van der Waals surface area contributed by atoms with E-state index in [1.54, 1.807) is 0 Å². The van der Waals surface area contributed by atoms with Crippen molar-refractivity contribution in [2.45, 2.75) is 13.0 Å². The van der Waals surface area contributed by atoms with Crippen LogP contribution in [-0.2, 0) is 9.59 Å². The Morgan fingerprint density at radius 2 is 2.12 bits per heavy atom. The zero-order valence-corrected chi connectivity index (χ0v) is 13.7. The third-order valence-corrected chi connectivity index (χ3v) is 3.82. The predicted octanol–water partition coefficient (Wildman–Crippen LogP) is 2.04. The van der Waals surface area contributed by atoms with Gasteiger partial charge < -0.3 is 10.4 Å². The van der Waals surface area contributed by atoms with E-state index in [9.17, 15) is 24.5 Å². The summed E-state index contributed by atoms with van der Waals surface area (Å²) in [4.78, 5) is 46.7. The fourth-order valence-electron chi connectivity index (χ4n) is 1.74. The number of rotatable bonds is 9. The lowest BCUT2D eigenvalue weighted by molar-refractivity contribution is -0.384. The van der Waals surface area contributed by atoms with Crippen molar-refractivity contribution in [1.82, 2.24) is 5.32 Å². The first kappa shape index (κ1) is 19.9. The molecule has 1 rings (SSSR count). The number of nitrogens with zero attached hydrogens (tertiary/aromatic N) is 4. The standard InChI is InChI=1S/C13H13N5O6S/c1-7(19)15-11(13(21)22)5-25-6-12(20)8-2-9(16-17-14)4-10(3-8)18(23)24/h2-4,11H,5-6H2,1H3,(H,15,19)(H,21,22)/t11-/m0/s1. The number of thioether (sulfide) groups is 1. The lowest BCUT2D eigenvalue weighted by atomic mass is 10.1. The third kappa shape index (κ3) is 6.49. The van der Waals surface area contributed by atoms with Crippen LogP contribution >= 0.6 is 11.8 Å². The van der Waals surface area contributed by atoms with Gasteiger partial charge in [-0.05, 0) is 11.6 Å². The SMILES string of the molecule is CC(=O)N[C@@H](CSCC(=O)c1cc(N=[N+]=[N-])cc([N+](=O)[O-])c1)C(=O)O. The molecule has 0 fully saturated rings. The van der Waals surface area contributed by atoms with Gasteiger partial charge in [0.25, 0.3) is 5.69 Å². The Kier molecular flexibility index (Phi) is 7.38. The number of nitro groups is 1. The zero-order valence-electron chi connectivity index (χ0n) is 12.9. The Labute approximate surface area is 145 Å². The number of ketones is 1. The molecule has 25 heavy (non-hydrogen) atoms. The lowest BCUT2D eigenvalue weighted by Gasteiger charge is -2.12. The summed E-state index contributed by atoms with van der Waals surface area (Å²) >= 11 is 0.950. The monoisotopic (exact) mass is 367 g/mol. The largest absolute Gasteiger partial charge is 0.480 e. The smallest absolute Gasteiger partial charge is 0.327 e. The van der Waals surface area contributed by atoms with Gasteiger partial charge in [-0.1, -0.05) is 5.11 Å². The Morgan fingerprint density at radius 1 is 1.44 bits per heavy atom. The van der Waals surface area contributed by atoms with Gasteiger partial charge in [0, 0.05) is 41.0 Å². The van der Waals surface area contributed by atoms with Crippen LogP contribution in [0.1, 0.15) is 17.3 Å².